The van der Waals surface area contributed by atoms with Gasteiger partial charge >= 0.3 is 12.1 Å². The van der Waals surface area contributed by atoms with E-state index >= 15 is 0 Å². The Morgan fingerprint density at radius 1 is 1.13 bits per heavy atom. The number of carbonyl (C=O) groups excluding carboxylic acids is 2. The second-order valence-corrected chi connectivity index (χ2v) is 7.33. The van der Waals surface area contributed by atoms with Gasteiger partial charge in [0.05, 0.1) is 5.92 Å². The summed E-state index contributed by atoms with van der Waals surface area (Å²) in [6.45, 7) is 6.37. The molecule has 1 aliphatic carbocycles. The Morgan fingerprint density at radius 3 is 2.22 bits per heavy atom. The van der Waals surface area contributed by atoms with Gasteiger partial charge in [-0.15, -0.1) is 0 Å². The minimum Gasteiger partial charge on any atom is -0.481 e. The summed E-state index contributed by atoms with van der Waals surface area (Å²) in [5, 5.41) is 9.04. The standard InChI is InChI=1S/C16H26N2O5/c1-16(2,3)23-15(22)17-8-9-18(13(19)10-17)12-6-4-11(5-7-12)14(20)21/h11-12H,4-10H2,1-3H3,(H,20,21). The fourth-order valence-electron chi connectivity index (χ4n) is 3.19. The number of carbonyl (C=O) groups is 3. The lowest BCUT2D eigenvalue weighted by Crippen LogP contribution is -2.56. The SMILES string of the molecule is CC(C)(C)OC(=O)N1CCN(C2CCC(C(=O)O)CC2)C(=O)C1. The van der Waals surface area contributed by atoms with Gasteiger partial charge in [0.15, 0.2) is 0 Å². The highest BCUT2D eigenvalue weighted by Crippen LogP contribution is 2.28. The first-order valence-electron chi connectivity index (χ1n) is 8.17. The number of carboxylic acid groups (broad SMARTS) is 1. The molecule has 130 valence electrons. The predicted molar refractivity (Wildman–Crippen MR) is 82.9 cm³/mol. The highest BCUT2D eigenvalue weighted by Gasteiger charge is 2.36. The average Bonchev–Trinajstić information content (AvgIpc) is 2.45. The molecule has 0 aromatic heterocycles. The largest absolute Gasteiger partial charge is 0.481 e. The summed E-state index contributed by atoms with van der Waals surface area (Å²) in [5.41, 5.74) is -0.577. The maximum Gasteiger partial charge on any atom is 0.410 e. The molecule has 2 rings (SSSR count). The van der Waals surface area contributed by atoms with Crippen LogP contribution in [0.25, 0.3) is 0 Å². The fourth-order valence-corrected chi connectivity index (χ4v) is 3.19. The first-order chi connectivity index (χ1) is 10.7. The monoisotopic (exact) mass is 326 g/mol. The number of piperazine rings is 1. The van der Waals surface area contributed by atoms with Crippen molar-refractivity contribution in [3.63, 3.8) is 0 Å². The molecule has 0 atom stereocenters. The third kappa shape index (κ3) is 4.59. The quantitative estimate of drug-likeness (QED) is 0.834. The van der Waals surface area contributed by atoms with Crippen molar-refractivity contribution in [2.24, 2.45) is 5.92 Å². The van der Waals surface area contributed by atoms with Crippen LogP contribution >= 0.6 is 0 Å². The van der Waals surface area contributed by atoms with E-state index in [-0.39, 0.29) is 24.4 Å². The molecule has 1 heterocycles. The topological polar surface area (TPSA) is 87.2 Å². The number of aliphatic carboxylic acids is 1. The van der Waals surface area contributed by atoms with Gasteiger partial charge in [0, 0.05) is 19.1 Å². The van der Waals surface area contributed by atoms with E-state index in [1.807, 2.05) is 0 Å². The molecule has 0 bridgehead atoms. The second-order valence-electron chi connectivity index (χ2n) is 7.33. The minimum absolute atomic E-state index is 0.0355. The summed E-state index contributed by atoms with van der Waals surface area (Å²) < 4.78 is 5.30. The van der Waals surface area contributed by atoms with Gasteiger partial charge in [0.25, 0.3) is 0 Å². The number of hydrogen-bond donors (Lipinski definition) is 1. The zero-order valence-corrected chi connectivity index (χ0v) is 14.1. The first kappa shape index (κ1) is 17.6. The van der Waals surface area contributed by atoms with E-state index in [2.05, 4.69) is 0 Å². The molecule has 2 aliphatic rings. The van der Waals surface area contributed by atoms with Gasteiger partial charge in [-0.05, 0) is 46.5 Å². The molecule has 23 heavy (non-hydrogen) atoms. The molecular formula is C16H26N2O5. The lowest BCUT2D eigenvalue weighted by molar-refractivity contribution is -0.144. The summed E-state index contributed by atoms with van der Waals surface area (Å²) in [6.07, 6.45) is 2.20. The molecule has 0 aromatic rings. The van der Waals surface area contributed by atoms with Crippen LogP contribution in [0.5, 0.6) is 0 Å². The van der Waals surface area contributed by atoms with Crippen molar-refractivity contribution in [3.8, 4) is 0 Å². The van der Waals surface area contributed by atoms with Crippen LogP contribution in [0.15, 0.2) is 0 Å². The third-order valence-corrected chi connectivity index (χ3v) is 4.40. The van der Waals surface area contributed by atoms with E-state index in [1.54, 1.807) is 25.7 Å². The van der Waals surface area contributed by atoms with Crippen LogP contribution in [0.4, 0.5) is 4.79 Å². The molecule has 1 aliphatic heterocycles. The normalized spacial score (nSPS) is 26.1. The van der Waals surface area contributed by atoms with Crippen LogP contribution in [-0.4, -0.2) is 64.2 Å². The number of hydrogen-bond acceptors (Lipinski definition) is 4. The molecule has 2 amide bonds. The first-order valence-corrected chi connectivity index (χ1v) is 8.17. The maximum atomic E-state index is 12.3. The van der Waals surface area contributed by atoms with Crippen molar-refractivity contribution >= 4 is 18.0 Å². The van der Waals surface area contributed by atoms with E-state index in [0.717, 1.165) is 12.8 Å². The van der Waals surface area contributed by atoms with Crippen LogP contribution in [-0.2, 0) is 14.3 Å². The molecule has 0 spiro atoms. The zero-order valence-electron chi connectivity index (χ0n) is 14.1. The van der Waals surface area contributed by atoms with Gasteiger partial charge in [0.2, 0.25) is 5.91 Å². The van der Waals surface area contributed by atoms with Crippen LogP contribution in [0.1, 0.15) is 46.5 Å². The Labute approximate surface area is 136 Å². The van der Waals surface area contributed by atoms with E-state index in [0.29, 0.717) is 25.9 Å². The smallest absolute Gasteiger partial charge is 0.410 e. The average molecular weight is 326 g/mol. The predicted octanol–water partition coefficient (Wildman–Crippen LogP) is 1.71. The summed E-state index contributed by atoms with van der Waals surface area (Å²) in [7, 11) is 0. The molecule has 7 nitrogen and oxygen atoms in total. The second kappa shape index (κ2) is 6.76. The minimum atomic E-state index is -0.746. The highest BCUT2D eigenvalue weighted by molar-refractivity contribution is 5.84. The number of amides is 2. The van der Waals surface area contributed by atoms with Gasteiger partial charge < -0.3 is 14.7 Å². The molecule has 0 radical (unpaired) electrons. The van der Waals surface area contributed by atoms with E-state index in [9.17, 15) is 14.4 Å². The molecule has 0 aromatic carbocycles. The van der Waals surface area contributed by atoms with Crippen LogP contribution in [0.2, 0.25) is 0 Å². The molecule has 2 fully saturated rings. The van der Waals surface area contributed by atoms with E-state index in [4.69, 9.17) is 9.84 Å². The Balaban J connectivity index is 1.86. The fraction of sp³-hybridized carbons (Fsp3) is 0.812. The molecule has 1 N–H and O–H groups in total. The lowest BCUT2D eigenvalue weighted by Gasteiger charge is -2.41. The molecule has 1 saturated heterocycles. The van der Waals surface area contributed by atoms with Gasteiger partial charge in [-0.1, -0.05) is 0 Å². The Hall–Kier alpha value is -1.79. The molecule has 1 saturated carbocycles. The van der Waals surface area contributed by atoms with Gasteiger partial charge in [-0.2, -0.15) is 0 Å². The maximum absolute atomic E-state index is 12.3. The van der Waals surface area contributed by atoms with Crippen molar-refractivity contribution in [1.29, 1.82) is 0 Å². The molecular weight excluding hydrogens is 300 g/mol. The summed E-state index contributed by atoms with van der Waals surface area (Å²) in [4.78, 5) is 38.6. The van der Waals surface area contributed by atoms with Crippen molar-refractivity contribution in [1.82, 2.24) is 9.80 Å². The van der Waals surface area contributed by atoms with Crippen molar-refractivity contribution < 1.29 is 24.2 Å². The molecule has 7 heteroatoms. The summed E-state index contributed by atoms with van der Waals surface area (Å²) >= 11 is 0. The van der Waals surface area contributed by atoms with Crippen molar-refractivity contribution in [3.05, 3.63) is 0 Å². The van der Waals surface area contributed by atoms with Crippen LogP contribution in [0, 0.1) is 5.92 Å². The van der Waals surface area contributed by atoms with E-state index < -0.39 is 17.7 Å². The Bertz CT molecular complexity index is 477. The zero-order chi connectivity index (χ0) is 17.2. The van der Waals surface area contributed by atoms with Gasteiger partial charge in [0.1, 0.15) is 12.1 Å². The third-order valence-electron chi connectivity index (χ3n) is 4.40. The summed E-state index contributed by atoms with van der Waals surface area (Å²) in [5.74, 6) is -1.12. The summed E-state index contributed by atoms with van der Waals surface area (Å²) in [6, 6.07) is 0.0962. The number of nitrogens with zero attached hydrogens (tertiary/aromatic N) is 2. The number of carboxylic acids is 1. The highest BCUT2D eigenvalue weighted by atomic mass is 16.6. The van der Waals surface area contributed by atoms with Crippen molar-refractivity contribution in [2.45, 2.75) is 58.1 Å². The Kier molecular flexibility index (Phi) is 5.16. The Morgan fingerprint density at radius 2 is 1.74 bits per heavy atom. The number of rotatable bonds is 2. The van der Waals surface area contributed by atoms with E-state index in [1.165, 1.54) is 4.90 Å². The van der Waals surface area contributed by atoms with Crippen LogP contribution in [0.3, 0.4) is 0 Å². The lowest BCUT2D eigenvalue weighted by atomic mass is 9.85. The van der Waals surface area contributed by atoms with Crippen molar-refractivity contribution in [2.75, 3.05) is 19.6 Å². The van der Waals surface area contributed by atoms with Gasteiger partial charge in [-0.3, -0.25) is 14.5 Å². The van der Waals surface area contributed by atoms with Crippen LogP contribution < -0.4 is 0 Å². The van der Waals surface area contributed by atoms with Gasteiger partial charge in [-0.25, -0.2) is 4.79 Å². The number of ether oxygens (including phenoxy) is 1. The molecule has 0 unspecified atom stereocenters.